The molecule has 0 saturated heterocycles. The molecule has 3 nitrogen and oxygen atoms in total. The van der Waals surface area contributed by atoms with Crippen LogP contribution in [0.3, 0.4) is 0 Å². The molecule has 1 aromatic carbocycles. The summed E-state index contributed by atoms with van der Waals surface area (Å²) < 4.78 is 0. The summed E-state index contributed by atoms with van der Waals surface area (Å²) in [5, 5.41) is 3.11. The fraction of sp³-hybridized carbons (Fsp3) is 0.533. The Hall–Kier alpha value is -1.35. The monoisotopic (exact) mass is 248 g/mol. The lowest BCUT2D eigenvalue weighted by atomic mass is 9.92. The van der Waals surface area contributed by atoms with Crippen LogP contribution in [-0.2, 0) is 6.42 Å². The molecule has 0 saturated carbocycles. The van der Waals surface area contributed by atoms with Gasteiger partial charge in [-0.15, -0.1) is 0 Å². The number of nitrogens with two attached hydrogens (primary N) is 1. The van der Waals surface area contributed by atoms with E-state index >= 15 is 0 Å². The van der Waals surface area contributed by atoms with E-state index in [0.717, 1.165) is 30.4 Å². The largest absolute Gasteiger partial charge is 0.345 e. The summed E-state index contributed by atoms with van der Waals surface area (Å²) in [5.41, 5.74) is 7.37. The lowest BCUT2D eigenvalue weighted by Gasteiger charge is -2.31. The van der Waals surface area contributed by atoms with Crippen LogP contribution in [0.25, 0.3) is 0 Å². The second-order valence-electron chi connectivity index (χ2n) is 4.66. The molecule has 18 heavy (non-hydrogen) atoms. The zero-order chi connectivity index (χ0) is 13.6. The van der Waals surface area contributed by atoms with Crippen LogP contribution >= 0.6 is 0 Å². The minimum atomic E-state index is -0.280. The van der Waals surface area contributed by atoms with Gasteiger partial charge in [-0.25, -0.2) is 0 Å². The maximum atomic E-state index is 12.4. The molecule has 0 aliphatic rings. The average Bonchev–Trinajstić information content (AvgIpc) is 2.44. The third-order valence-electron chi connectivity index (χ3n) is 3.77. The highest BCUT2D eigenvalue weighted by Gasteiger charge is 2.27. The van der Waals surface area contributed by atoms with Gasteiger partial charge in [0, 0.05) is 12.1 Å². The van der Waals surface area contributed by atoms with Crippen molar-refractivity contribution in [2.24, 2.45) is 5.73 Å². The normalized spacial score (nSPS) is 11.3. The van der Waals surface area contributed by atoms with E-state index in [2.05, 4.69) is 26.1 Å². The molecular formula is C15H24N2O. The molecule has 3 N–H and O–H groups in total. The second-order valence-corrected chi connectivity index (χ2v) is 4.66. The van der Waals surface area contributed by atoms with E-state index in [4.69, 9.17) is 5.73 Å². The Morgan fingerprint density at radius 2 is 1.83 bits per heavy atom. The standard InChI is InChI=1S/C15H24N2O/c1-4-12-9-7-8-10-13(12)14(18)17-15(5-2,6-3)11-16/h7-10H,4-6,11,16H2,1-3H3,(H,17,18). The Balaban J connectivity index is 2.94. The predicted octanol–water partition coefficient (Wildman–Crippen LogP) is 2.50. The topological polar surface area (TPSA) is 55.1 Å². The van der Waals surface area contributed by atoms with Crippen molar-refractivity contribution in [1.82, 2.24) is 5.32 Å². The van der Waals surface area contributed by atoms with Crippen molar-refractivity contribution < 1.29 is 4.79 Å². The van der Waals surface area contributed by atoms with Gasteiger partial charge in [-0.1, -0.05) is 39.0 Å². The average molecular weight is 248 g/mol. The van der Waals surface area contributed by atoms with E-state index in [1.165, 1.54) is 0 Å². The van der Waals surface area contributed by atoms with Gasteiger partial charge >= 0.3 is 0 Å². The smallest absolute Gasteiger partial charge is 0.252 e. The highest BCUT2D eigenvalue weighted by Crippen LogP contribution is 2.16. The van der Waals surface area contributed by atoms with Crippen LogP contribution in [0, 0.1) is 0 Å². The minimum absolute atomic E-state index is 0.0124. The lowest BCUT2D eigenvalue weighted by molar-refractivity contribution is 0.0894. The zero-order valence-corrected chi connectivity index (χ0v) is 11.6. The van der Waals surface area contributed by atoms with Crippen molar-refractivity contribution >= 4 is 5.91 Å². The first-order chi connectivity index (χ1) is 8.62. The van der Waals surface area contributed by atoms with E-state index in [1.54, 1.807) is 0 Å². The molecule has 1 aromatic rings. The number of amides is 1. The Morgan fingerprint density at radius 3 is 2.33 bits per heavy atom. The molecule has 0 aliphatic heterocycles. The second kappa shape index (κ2) is 6.55. The molecule has 0 aliphatic carbocycles. The molecule has 1 rings (SSSR count). The molecule has 0 aromatic heterocycles. The summed E-state index contributed by atoms with van der Waals surface area (Å²) in [6.07, 6.45) is 2.55. The number of carbonyl (C=O) groups excluding carboxylic acids is 1. The first-order valence-corrected chi connectivity index (χ1v) is 6.73. The lowest BCUT2D eigenvalue weighted by Crippen LogP contribution is -2.53. The van der Waals surface area contributed by atoms with E-state index in [1.807, 2.05) is 24.3 Å². The number of carbonyl (C=O) groups is 1. The van der Waals surface area contributed by atoms with E-state index in [0.29, 0.717) is 6.54 Å². The molecule has 0 bridgehead atoms. The Labute approximate surface area is 110 Å². The fourth-order valence-electron chi connectivity index (χ4n) is 2.12. The van der Waals surface area contributed by atoms with Crippen LogP contribution in [0.4, 0.5) is 0 Å². The van der Waals surface area contributed by atoms with Crippen LogP contribution < -0.4 is 11.1 Å². The Bertz CT molecular complexity index is 389. The number of aryl methyl sites for hydroxylation is 1. The van der Waals surface area contributed by atoms with Gasteiger partial charge < -0.3 is 11.1 Å². The van der Waals surface area contributed by atoms with Crippen LogP contribution in [-0.4, -0.2) is 18.0 Å². The molecule has 0 spiro atoms. The van der Waals surface area contributed by atoms with Gasteiger partial charge in [-0.2, -0.15) is 0 Å². The predicted molar refractivity (Wildman–Crippen MR) is 75.7 cm³/mol. The highest BCUT2D eigenvalue weighted by molar-refractivity contribution is 5.96. The number of hydrogen-bond acceptors (Lipinski definition) is 2. The quantitative estimate of drug-likeness (QED) is 0.812. The number of hydrogen-bond donors (Lipinski definition) is 2. The van der Waals surface area contributed by atoms with Gasteiger partial charge in [-0.3, -0.25) is 4.79 Å². The molecule has 0 atom stereocenters. The third kappa shape index (κ3) is 3.10. The van der Waals surface area contributed by atoms with Crippen LogP contribution in [0.2, 0.25) is 0 Å². The van der Waals surface area contributed by atoms with Gasteiger partial charge in [0.25, 0.3) is 5.91 Å². The molecule has 0 radical (unpaired) electrons. The van der Waals surface area contributed by atoms with Crippen molar-refractivity contribution in [2.75, 3.05) is 6.54 Å². The molecular weight excluding hydrogens is 224 g/mol. The first kappa shape index (κ1) is 14.7. The number of rotatable bonds is 6. The van der Waals surface area contributed by atoms with Crippen LogP contribution in [0.15, 0.2) is 24.3 Å². The van der Waals surface area contributed by atoms with Crippen molar-refractivity contribution in [3.63, 3.8) is 0 Å². The molecule has 1 amide bonds. The zero-order valence-electron chi connectivity index (χ0n) is 11.6. The number of nitrogens with one attached hydrogen (secondary N) is 1. The van der Waals surface area contributed by atoms with Crippen molar-refractivity contribution in [3.05, 3.63) is 35.4 Å². The Kier molecular flexibility index (Phi) is 5.35. The SMILES string of the molecule is CCc1ccccc1C(=O)NC(CC)(CC)CN. The molecule has 0 heterocycles. The number of benzene rings is 1. The molecule has 0 unspecified atom stereocenters. The molecule has 3 heteroatoms. The van der Waals surface area contributed by atoms with Crippen LogP contribution in [0.1, 0.15) is 49.5 Å². The van der Waals surface area contributed by atoms with Crippen molar-refractivity contribution in [3.8, 4) is 0 Å². The van der Waals surface area contributed by atoms with E-state index in [9.17, 15) is 4.79 Å². The summed E-state index contributed by atoms with van der Waals surface area (Å²) in [5.74, 6) is -0.0124. The summed E-state index contributed by atoms with van der Waals surface area (Å²) in [6.45, 7) is 6.65. The molecule has 100 valence electrons. The first-order valence-electron chi connectivity index (χ1n) is 6.73. The molecule has 0 fully saturated rings. The van der Waals surface area contributed by atoms with E-state index in [-0.39, 0.29) is 11.4 Å². The summed E-state index contributed by atoms with van der Waals surface area (Å²) >= 11 is 0. The van der Waals surface area contributed by atoms with Crippen molar-refractivity contribution in [1.29, 1.82) is 0 Å². The maximum absolute atomic E-state index is 12.4. The van der Waals surface area contributed by atoms with Gasteiger partial charge in [0.1, 0.15) is 0 Å². The third-order valence-corrected chi connectivity index (χ3v) is 3.77. The Morgan fingerprint density at radius 1 is 1.22 bits per heavy atom. The highest BCUT2D eigenvalue weighted by atomic mass is 16.1. The van der Waals surface area contributed by atoms with Crippen molar-refractivity contribution in [2.45, 2.75) is 45.6 Å². The summed E-state index contributed by atoms with van der Waals surface area (Å²) in [4.78, 5) is 12.4. The maximum Gasteiger partial charge on any atom is 0.252 e. The fourth-order valence-corrected chi connectivity index (χ4v) is 2.12. The van der Waals surface area contributed by atoms with E-state index < -0.39 is 0 Å². The summed E-state index contributed by atoms with van der Waals surface area (Å²) in [7, 11) is 0. The van der Waals surface area contributed by atoms with Gasteiger partial charge in [0.05, 0.1) is 5.54 Å². The minimum Gasteiger partial charge on any atom is -0.345 e. The summed E-state index contributed by atoms with van der Waals surface area (Å²) in [6, 6.07) is 7.74. The van der Waals surface area contributed by atoms with Crippen LogP contribution in [0.5, 0.6) is 0 Å². The van der Waals surface area contributed by atoms with Gasteiger partial charge in [0.15, 0.2) is 0 Å². The van der Waals surface area contributed by atoms with Gasteiger partial charge in [-0.05, 0) is 30.9 Å². The van der Waals surface area contributed by atoms with Gasteiger partial charge in [0.2, 0.25) is 0 Å².